The average molecular weight is 362 g/mol. The molecule has 0 spiro atoms. The SMILES string of the molecule is CS(=O)(=O)n1cc(NN=C2OCC=CC2=Cc2ccccc2F)cn1. The highest BCUT2D eigenvalue weighted by Gasteiger charge is 2.12. The zero-order valence-corrected chi connectivity index (χ0v) is 14.1. The number of ether oxygens (including phenoxy) is 1. The molecule has 1 N–H and O–H groups in total. The van der Waals surface area contributed by atoms with E-state index in [4.69, 9.17) is 4.74 Å². The van der Waals surface area contributed by atoms with Crippen molar-refractivity contribution in [3.8, 4) is 0 Å². The maximum Gasteiger partial charge on any atom is 0.250 e. The summed E-state index contributed by atoms with van der Waals surface area (Å²) in [6, 6.07) is 6.36. The van der Waals surface area contributed by atoms with Gasteiger partial charge in [-0.05, 0) is 18.2 Å². The summed E-state index contributed by atoms with van der Waals surface area (Å²) in [5.74, 6) is -0.0893. The summed E-state index contributed by atoms with van der Waals surface area (Å²) in [5, 5.41) is 7.84. The molecule has 0 amide bonds. The molecule has 0 bridgehead atoms. The molecule has 0 aliphatic carbocycles. The third-order valence-electron chi connectivity index (χ3n) is 3.26. The van der Waals surface area contributed by atoms with Gasteiger partial charge in [0.05, 0.1) is 24.3 Å². The fraction of sp³-hybridized carbons (Fsp3) is 0.125. The van der Waals surface area contributed by atoms with Gasteiger partial charge in [-0.3, -0.25) is 5.43 Å². The van der Waals surface area contributed by atoms with E-state index in [9.17, 15) is 12.8 Å². The van der Waals surface area contributed by atoms with Crippen molar-refractivity contribution >= 4 is 27.7 Å². The maximum absolute atomic E-state index is 13.8. The molecule has 9 heteroatoms. The molecule has 1 aromatic carbocycles. The van der Waals surface area contributed by atoms with Gasteiger partial charge in [0, 0.05) is 11.1 Å². The molecule has 0 atom stereocenters. The lowest BCUT2D eigenvalue weighted by Gasteiger charge is -2.13. The minimum atomic E-state index is -3.46. The number of anilines is 1. The second-order valence-corrected chi connectivity index (χ2v) is 7.07. The van der Waals surface area contributed by atoms with Crippen LogP contribution in [0, 0.1) is 5.82 Å². The predicted molar refractivity (Wildman–Crippen MR) is 93.0 cm³/mol. The molecule has 2 heterocycles. The number of benzene rings is 1. The molecule has 1 aliphatic heterocycles. The van der Waals surface area contributed by atoms with E-state index in [1.165, 1.54) is 18.5 Å². The van der Waals surface area contributed by atoms with E-state index >= 15 is 0 Å². The molecule has 0 unspecified atom stereocenters. The van der Waals surface area contributed by atoms with Crippen LogP contribution in [0.15, 0.2) is 59.5 Å². The number of halogens is 1. The summed E-state index contributed by atoms with van der Waals surface area (Å²) in [6.07, 6.45) is 8.83. The Morgan fingerprint density at radius 3 is 2.92 bits per heavy atom. The normalized spacial score (nSPS) is 17.7. The smallest absolute Gasteiger partial charge is 0.250 e. The summed E-state index contributed by atoms with van der Waals surface area (Å²) < 4.78 is 42.9. The van der Waals surface area contributed by atoms with Gasteiger partial charge in [-0.15, -0.1) is 5.10 Å². The van der Waals surface area contributed by atoms with E-state index in [0.29, 0.717) is 23.4 Å². The zero-order chi connectivity index (χ0) is 17.9. The highest BCUT2D eigenvalue weighted by atomic mass is 32.2. The molecule has 1 aromatic heterocycles. The molecule has 2 aromatic rings. The van der Waals surface area contributed by atoms with E-state index in [-0.39, 0.29) is 11.7 Å². The number of rotatable bonds is 4. The molecule has 0 saturated heterocycles. The van der Waals surface area contributed by atoms with Crippen LogP contribution in [0.2, 0.25) is 0 Å². The van der Waals surface area contributed by atoms with Gasteiger partial charge in [0.1, 0.15) is 12.4 Å². The maximum atomic E-state index is 13.8. The van der Waals surface area contributed by atoms with Crippen LogP contribution in [0.1, 0.15) is 5.56 Å². The summed E-state index contributed by atoms with van der Waals surface area (Å²) in [4.78, 5) is 0. The Balaban J connectivity index is 1.84. The highest BCUT2D eigenvalue weighted by molar-refractivity contribution is 7.89. The molecule has 0 fully saturated rings. The first-order valence-corrected chi connectivity index (χ1v) is 9.13. The van der Waals surface area contributed by atoms with Gasteiger partial charge in [-0.25, -0.2) is 12.8 Å². The Kier molecular flexibility index (Phi) is 4.66. The van der Waals surface area contributed by atoms with Crippen molar-refractivity contribution in [3.05, 3.63) is 65.8 Å². The van der Waals surface area contributed by atoms with Crippen molar-refractivity contribution in [2.24, 2.45) is 5.10 Å². The summed E-state index contributed by atoms with van der Waals surface area (Å²) in [5.41, 5.74) is 4.05. The monoisotopic (exact) mass is 362 g/mol. The Labute approximate surface area is 144 Å². The molecule has 7 nitrogen and oxygen atoms in total. The minimum Gasteiger partial charge on any atom is -0.472 e. The lowest BCUT2D eigenvalue weighted by atomic mass is 10.1. The van der Waals surface area contributed by atoms with Crippen LogP contribution in [0.4, 0.5) is 10.1 Å². The van der Waals surface area contributed by atoms with Gasteiger partial charge in [-0.1, -0.05) is 24.3 Å². The third kappa shape index (κ3) is 4.13. The molecule has 0 saturated carbocycles. The van der Waals surface area contributed by atoms with Gasteiger partial charge in [0.15, 0.2) is 0 Å². The lowest BCUT2D eigenvalue weighted by molar-refractivity contribution is 0.346. The summed E-state index contributed by atoms with van der Waals surface area (Å²) >= 11 is 0. The van der Waals surface area contributed by atoms with Crippen LogP contribution in [0.5, 0.6) is 0 Å². The average Bonchev–Trinajstić information content (AvgIpc) is 3.05. The molecular formula is C16H15FN4O3S. The zero-order valence-electron chi connectivity index (χ0n) is 13.3. The Morgan fingerprint density at radius 2 is 2.20 bits per heavy atom. The first-order chi connectivity index (χ1) is 11.9. The quantitative estimate of drug-likeness (QED) is 0.843. The molecule has 130 valence electrons. The molecule has 0 radical (unpaired) electrons. The van der Waals surface area contributed by atoms with E-state index in [1.807, 2.05) is 0 Å². The second-order valence-electron chi connectivity index (χ2n) is 5.23. The summed E-state index contributed by atoms with van der Waals surface area (Å²) in [6.45, 7) is 0.331. The van der Waals surface area contributed by atoms with Gasteiger partial charge in [0.2, 0.25) is 5.90 Å². The predicted octanol–water partition coefficient (Wildman–Crippen LogP) is 2.23. The number of nitrogens with zero attached hydrogens (tertiary/aromatic N) is 3. The van der Waals surface area contributed by atoms with Crippen LogP contribution in [-0.2, 0) is 14.8 Å². The number of nitrogens with one attached hydrogen (secondary N) is 1. The van der Waals surface area contributed by atoms with Crippen LogP contribution in [0.3, 0.4) is 0 Å². The molecule has 1 aliphatic rings. The number of hydrogen-bond acceptors (Lipinski definition) is 6. The summed E-state index contributed by atoms with van der Waals surface area (Å²) in [7, 11) is -3.46. The number of hydrazone groups is 1. The van der Waals surface area contributed by atoms with E-state index < -0.39 is 10.0 Å². The second kappa shape index (κ2) is 6.89. The van der Waals surface area contributed by atoms with E-state index in [2.05, 4.69) is 15.6 Å². The van der Waals surface area contributed by atoms with Crippen molar-refractivity contribution in [3.63, 3.8) is 0 Å². The molecule has 3 rings (SSSR count). The number of hydrogen-bond donors (Lipinski definition) is 1. The Hall–Kier alpha value is -2.94. The van der Waals surface area contributed by atoms with Crippen LogP contribution in [-0.4, -0.2) is 36.4 Å². The van der Waals surface area contributed by atoms with E-state index in [1.54, 1.807) is 36.4 Å². The minimum absolute atomic E-state index is 0.262. The number of aromatic nitrogens is 2. The van der Waals surface area contributed by atoms with Gasteiger partial charge >= 0.3 is 0 Å². The fourth-order valence-electron chi connectivity index (χ4n) is 2.08. The van der Waals surface area contributed by atoms with E-state index in [0.717, 1.165) is 10.3 Å². The van der Waals surface area contributed by atoms with Crippen molar-refractivity contribution in [2.75, 3.05) is 18.3 Å². The van der Waals surface area contributed by atoms with Crippen molar-refractivity contribution in [2.45, 2.75) is 0 Å². The third-order valence-corrected chi connectivity index (χ3v) is 4.14. The molecular weight excluding hydrogens is 347 g/mol. The van der Waals surface area contributed by atoms with Crippen molar-refractivity contribution < 1.29 is 17.5 Å². The first-order valence-electron chi connectivity index (χ1n) is 7.28. The van der Waals surface area contributed by atoms with Gasteiger partial charge < -0.3 is 4.74 Å². The molecule has 25 heavy (non-hydrogen) atoms. The van der Waals surface area contributed by atoms with Crippen LogP contribution < -0.4 is 5.43 Å². The van der Waals surface area contributed by atoms with Crippen molar-refractivity contribution in [1.82, 2.24) is 9.19 Å². The van der Waals surface area contributed by atoms with Crippen LogP contribution in [0.25, 0.3) is 6.08 Å². The Morgan fingerprint density at radius 1 is 1.40 bits per heavy atom. The van der Waals surface area contributed by atoms with Gasteiger partial charge in [0.25, 0.3) is 10.0 Å². The Bertz CT molecular complexity index is 977. The largest absolute Gasteiger partial charge is 0.472 e. The van der Waals surface area contributed by atoms with Crippen LogP contribution >= 0.6 is 0 Å². The van der Waals surface area contributed by atoms with Crippen molar-refractivity contribution in [1.29, 1.82) is 0 Å². The van der Waals surface area contributed by atoms with Gasteiger partial charge in [-0.2, -0.15) is 9.19 Å². The topological polar surface area (TPSA) is 85.6 Å². The first kappa shape index (κ1) is 16.9. The lowest BCUT2D eigenvalue weighted by Crippen LogP contribution is -2.14. The standard InChI is InChI=1S/C16H15FN4O3S/c1-25(22,23)21-11-14(10-18-21)19-20-16-13(6-4-8-24-16)9-12-5-2-3-7-15(12)17/h2-7,9-11,19H,8H2,1H3. The fourth-order valence-corrected chi connectivity index (χ4v) is 2.61. The highest BCUT2D eigenvalue weighted by Crippen LogP contribution is 2.17.